The van der Waals surface area contributed by atoms with Crippen LogP contribution in [-0.2, 0) is 4.79 Å². The van der Waals surface area contributed by atoms with E-state index in [0.717, 1.165) is 42.6 Å². The van der Waals surface area contributed by atoms with Gasteiger partial charge in [-0.3, -0.25) is 9.48 Å². The lowest BCUT2D eigenvalue weighted by molar-refractivity contribution is -0.124. The van der Waals surface area contributed by atoms with Crippen LogP contribution >= 0.6 is 0 Å². The van der Waals surface area contributed by atoms with Gasteiger partial charge in [-0.05, 0) is 37.0 Å². The van der Waals surface area contributed by atoms with Crippen molar-refractivity contribution >= 4 is 11.6 Å². The van der Waals surface area contributed by atoms with Crippen molar-refractivity contribution in [3.8, 4) is 11.1 Å². The van der Waals surface area contributed by atoms with Gasteiger partial charge in [-0.25, -0.2) is 0 Å². The minimum atomic E-state index is -0.202. The summed E-state index contributed by atoms with van der Waals surface area (Å²) in [5, 5.41) is 7.28. The Hall–Kier alpha value is -2.30. The van der Waals surface area contributed by atoms with E-state index < -0.39 is 0 Å². The molecule has 1 aromatic heterocycles. The molecule has 1 aliphatic heterocycles. The molecule has 1 fully saturated rings. The number of rotatable bonds is 2. The molecule has 1 aliphatic rings. The smallest absolute Gasteiger partial charge is 0.244 e. The summed E-state index contributed by atoms with van der Waals surface area (Å²) in [5.41, 5.74) is 8.52. The molecule has 1 amide bonds. The van der Waals surface area contributed by atoms with Gasteiger partial charge in [-0.1, -0.05) is 12.1 Å². The molecule has 0 radical (unpaired) electrons. The van der Waals surface area contributed by atoms with Crippen LogP contribution in [0.25, 0.3) is 11.1 Å². The first kappa shape index (κ1) is 12.7. The van der Waals surface area contributed by atoms with E-state index in [9.17, 15) is 4.79 Å². The van der Waals surface area contributed by atoms with Crippen molar-refractivity contribution in [3.05, 3.63) is 36.7 Å². The molecule has 5 heteroatoms. The van der Waals surface area contributed by atoms with E-state index in [1.807, 2.05) is 30.5 Å². The highest BCUT2D eigenvalue weighted by molar-refractivity contribution is 5.80. The Morgan fingerprint density at radius 2 is 2.20 bits per heavy atom. The molecule has 1 atom stereocenters. The Labute approximate surface area is 117 Å². The number of carbonyl (C=O) groups is 1. The van der Waals surface area contributed by atoms with Crippen molar-refractivity contribution in [1.29, 1.82) is 0 Å². The van der Waals surface area contributed by atoms with E-state index in [-0.39, 0.29) is 11.9 Å². The first-order chi connectivity index (χ1) is 9.74. The van der Waals surface area contributed by atoms with Crippen molar-refractivity contribution in [2.24, 2.45) is 0 Å². The average molecular weight is 270 g/mol. The molecule has 5 nitrogen and oxygen atoms in total. The summed E-state index contributed by atoms with van der Waals surface area (Å²) >= 11 is 0. The zero-order valence-electron chi connectivity index (χ0n) is 11.2. The number of nitrogens with one attached hydrogen (secondary N) is 1. The fourth-order valence-electron chi connectivity index (χ4n) is 2.55. The van der Waals surface area contributed by atoms with Gasteiger partial charge in [0.1, 0.15) is 6.04 Å². The maximum absolute atomic E-state index is 12.0. The quantitative estimate of drug-likeness (QED) is 0.819. The number of aromatic nitrogens is 2. The number of amides is 1. The van der Waals surface area contributed by atoms with Crippen LogP contribution in [0.3, 0.4) is 0 Å². The number of nitrogen functional groups attached to an aromatic ring is 1. The van der Waals surface area contributed by atoms with Gasteiger partial charge < -0.3 is 11.1 Å². The third-order valence-corrected chi connectivity index (χ3v) is 3.65. The molecule has 1 aromatic carbocycles. The third-order valence-electron chi connectivity index (χ3n) is 3.65. The van der Waals surface area contributed by atoms with Gasteiger partial charge in [-0.2, -0.15) is 5.10 Å². The predicted molar refractivity (Wildman–Crippen MR) is 78.0 cm³/mol. The molecule has 20 heavy (non-hydrogen) atoms. The fourth-order valence-corrected chi connectivity index (χ4v) is 2.55. The Morgan fingerprint density at radius 3 is 3.05 bits per heavy atom. The summed E-state index contributed by atoms with van der Waals surface area (Å²) in [5.74, 6) is 0.0599. The SMILES string of the molecule is Nc1cccc(-c2cnn(C3CCCCNC3=O)c2)c1. The van der Waals surface area contributed by atoms with Crippen LogP contribution in [0.5, 0.6) is 0 Å². The molecule has 2 aromatic rings. The van der Waals surface area contributed by atoms with E-state index in [4.69, 9.17) is 5.73 Å². The van der Waals surface area contributed by atoms with Crippen LogP contribution in [0, 0.1) is 0 Å². The van der Waals surface area contributed by atoms with Crippen LogP contribution in [0.15, 0.2) is 36.7 Å². The molecule has 2 heterocycles. The molecular formula is C15H18N4O. The topological polar surface area (TPSA) is 72.9 Å². The number of nitrogens with two attached hydrogens (primary N) is 1. The van der Waals surface area contributed by atoms with Crippen molar-refractivity contribution in [2.45, 2.75) is 25.3 Å². The summed E-state index contributed by atoms with van der Waals surface area (Å²) in [6.45, 7) is 0.763. The molecule has 3 N–H and O–H groups in total. The second-order valence-electron chi connectivity index (χ2n) is 5.14. The predicted octanol–water partition coefficient (Wildman–Crippen LogP) is 1.97. The molecule has 0 spiro atoms. The lowest BCUT2D eigenvalue weighted by Gasteiger charge is -2.13. The summed E-state index contributed by atoms with van der Waals surface area (Å²) in [4.78, 5) is 12.0. The second-order valence-corrected chi connectivity index (χ2v) is 5.14. The van der Waals surface area contributed by atoms with Crippen molar-refractivity contribution < 1.29 is 4.79 Å². The van der Waals surface area contributed by atoms with Crippen LogP contribution in [-0.4, -0.2) is 22.2 Å². The summed E-state index contributed by atoms with van der Waals surface area (Å²) < 4.78 is 1.76. The van der Waals surface area contributed by atoms with E-state index >= 15 is 0 Å². The maximum atomic E-state index is 12.0. The zero-order chi connectivity index (χ0) is 13.9. The standard InChI is InChI=1S/C15H18N4O/c16-13-5-3-4-11(8-13)12-9-18-19(10-12)14-6-1-2-7-17-15(14)20/h3-5,8-10,14H,1-2,6-7,16H2,(H,17,20). The first-order valence-electron chi connectivity index (χ1n) is 6.92. The summed E-state index contributed by atoms with van der Waals surface area (Å²) in [6, 6.07) is 7.47. The van der Waals surface area contributed by atoms with Crippen molar-refractivity contribution in [1.82, 2.24) is 15.1 Å². The van der Waals surface area contributed by atoms with Gasteiger partial charge in [0.25, 0.3) is 0 Å². The highest BCUT2D eigenvalue weighted by Crippen LogP contribution is 2.24. The van der Waals surface area contributed by atoms with E-state index in [1.54, 1.807) is 10.9 Å². The zero-order valence-corrected chi connectivity index (χ0v) is 11.2. The molecule has 104 valence electrons. The number of benzene rings is 1. The fraction of sp³-hybridized carbons (Fsp3) is 0.333. The van der Waals surface area contributed by atoms with Gasteiger partial charge >= 0.3 is 0 Å². The Bertz CT molecular complexity index is 620. The van der Waals surface area contributed by atoms with Crippen LogP contribution in [0.4, 0.5) is 5.69 Å². The van der Waals surface area contributed by atoms with E-state index in [1.165, 1.54) is 0 Å². The Balaban J connectivity index is 1.87. The van der Waals surface area contributed by atoms with Gasteiger partial charge in [-0.15, -0.1) is 0 Å². The number of nitrogens with zero attached hydrogens (tertiary/aromatic N) is 2. The van der Waals surface area contributed by atoms with Gasteiger partial charge in [0.05, 0.1) is 6.20 Å². The number of hydrogen-bond donors (Lipinski definition) is 2. The molecule has 1 saturated heterocycles. The third kappa shape index (κ3) is 2.52. The summed E-state index contributed by atoms with van der Waals surface area (Å²) in [6.07, 6.45) is 6.61. The first-order valence-corrected chi connectivity index (χ1v) is 6.92. The molecule has 0 aliphatic carbocycles. The minimum absolute atomic E-state index is 0.0599. The van der Waals surface area contributed by atoms with Crippen molar-refractivity contribution in [2.75, 3.05) is 12.3 Å². The lowest BCUT2D eigenvalue weighted by Crippen LogP contribution is -2.31. The normalized spacial score (nSPS) is 19.4. The summed E-state index contributed by atoms with van der Waals surface area (Å²) in [7, 11) is 0. The number of carbonyl (C=O) groups excluding carboxylic acids is 1. The molecule has 1 unspecified atom stereocenters. The minimum Gasteiger partial charge on any atom is -0.399 e. The largest absolute Gasteiger partial charge is 0.399 e. The Kier molecular flexibility index (Phi) is 3.41. The molecular weight excluding hydrogens is 252 g/mol. The van der Waals surface area contributed by atoms with Gasteiger partial charge in [0.15, 0.2) is 0 Å². The highest BCUT2D eigenvalue weighted by atomic mass is 16.2. The second kappa shape index (κ2) is 5.36. The van der Waals surface area contributed by atoms with Crippen molar-refractivity contribution in [3.63, 3.8) is 0 Å². The average Bonchev–Trinajstić information content (AvgIpc) is 2.82. The van der Waals surface area contributed by atoms with Gasteiger partial charge in [0, 0.05) is 24.0 Å². The monoisotopic (exact) mass is 270 g/mol. The van der Waals surface area contributed by atoms with E-state index in [0.29, 0.717) is 0 Å². The van der Waals surface area contributed by atoms with Crippen LogP contribution < -0.4 is 11.1 Å². The number of hydrogen-bond acceptors (Lipinski definition) is 3. The Morgan fingerprint density at radius 1 is 1.30 bits per heavy atom. The lowest BCUT2D eigenvalue weighted by atomic mass is 10.1. The number of anilines is 1. The highest BCUT2D eigenvalue weighted by Gasteiger charge is 2.23. The maximum Gasteiger partial charge on any atom is 0.244 e. The van der Waals surface area contributed by atoms with Gasteiger partial charge in [0.2, 0.25) is 5.91 Å². The van der Waals surface area contributed by atoms with Crippen LogP contribution in [0.1, 0.15) is 25.3 Å². The molecule has 0 saturated carbocycles. The molecule has 3 rings (SSSR count). The van der Waals surface area contributed by atoms with E-state index in [2.05, 4.69) is 10.4 Å². The van der Waals surface area contributed by atoms with Crippen LogP contribution in [0.2, 0.25) is 0 Å². The molecule has 0 bridgehead atoms.